The van der Waals surface area contributed by atoms with Crippen molar-refractivity contribution >= 4 is 17.2 Å². The van der Waals surface area contributed by atoms with Crippen LogP contribution in [0.1, 0.15) is 12.1 Å². The zero-order valence-electron chi connectivity index (χ0n) is 15.0. The molecule has 0 bridgehead atoms. The lowest BCUT2D eigenvalue weighted by Gasteiger charge is -2.12. The number of imidazole rings is 2. The van der Waals surface area contributed by atoms with Crippen molar-refractivity contribution in [2.45, 2.75) is 19.1 Å². The molecule has 4 rings (SSSR count). The predicted molar refractivity (Wildman–Crippen MR) is 100.0 cm³/mol. The molecule has 30 heavy (non-hydrogen) atoms. The molecular formula is C19H11ClF4N6. The second kappa shape index (κ2) is 7.42. The van der Waals surface area contributed by atoms with E-state index < -0.39 is 25.0 Å². The van der Waals surface area contributed by atoms with Gasteiger partial charge in [0.25, 0.3) is 0 Å². The van der Waals surface area contributed by atoms with Gasteiger partial charge in [-0.25, -0.2) is 18.9 Å². The van der Waals surface area contributed by atoms with Crippen molar-refractivity contribution in [3.8, 4) is 28.7 Å². The first-order chi connectivity index (χ1) is 14.3. The van der Waals surface area contributed by atoms with E-state index in [1.807, 2.05) is 6.07 Å². The smallest absolute Gasteiger partial charge is 0.328 e. The van der Waals surface area contributed by atoms with Crippen molar-refractivity contribution < 1.29 is 17.6 Å². The van der Waals surface area contributed by atoms with Crippen LogP contribution in [0.3, 0.4) is 0 Å². The average molecular weight is 435 g/mol. The van der Waals surface area contributed by atoms with E-state index in [4.69, 9.17) is 11.6 Å². The summed E-state index contributed by atoms with van der Waals surface area (Å²) in [5.41, 5.74) is 1.82. The van der Waals surface area contributed by atoms with Gasteiger partial charge in [-0.1, -0.05) is 11.6 Å². The third-order valence-corrected chi connectivity index (χ3v) is 4.68. The highest BCUT2D eigenvalue weighted by Gasteiger charge is 2.28. The zero-order chi connectivity index (χ0) is 21.5. The fraction of sp³-hybridized carbons (Fsp3) is 0.158. The second-order valence-corrected chi connectivity index (χ2v) is 6.78. The standard InChI is InChI=1S/C19H11ClF4N6/c20-13-7-11(1-2-14(13)21)17-18(29(10-27-17)6-5-19(22,23)24)15-3-4-16-26-9-12(8-25)30(16)28-15/h1-4,7,9-10H,5-6H2. The Hall–Kier alpha value is -3.45. The number of aryl methyl sites for hydroxylation is 1. The Morgan fingerprint density at radius 3 is 2.63 bits per heavy atom. The summed E-state index contributed by atoms with van der Waals surface area (Å²) in [6.07, 6.45) is -2.83. The van der Waals surface area contributed by atoms with Crippen LogP contribution < -0.4 is 0 Å². The molecule has 3 heterocycles. The highest BCUT2D eigenvalue weighted by atomic mass is 35.5. The average Bonchev–Trinajstić information content (AvgIpc) is 3.31. The summed E-state index contributed by atoms with van der Waals surface area (Å²) in [5, 5.41) is 13.4. The summed E-state index contributed by atoms with van der Waals surface area (Å²) in [6.45, 7) is -0.393. The quantitative estimate of drug-likeness (QED) is 0.429. The predicted octanol–water partition coefficient (Wildman–Crippen LogP) is 4.88. The molecule has 6 nitrogen and oxygen atoms in total. The number of hydrogen-bond donors (Lipinski definition) is 0. The first-order valence-electron chi connectivity index (χ1n) is 8.59. The molecule has 0 radical (unpaired) electrons. The molecule has 0 fully saturated rings. The summed E-state index contributed by atoms with van der Waals surface area (Å²) in [6, 6.07) is 9.03. The number of nitriles is 1. The highest BCUT2D eigenvalue weighted by Crippen LogP contribution is 2.33. The summed E-state index contributed by atoms with van der Waals surface area (Å²) < 4.78 is 54.6. The van der Waals surface area contributed by atoms with Gasteiger partial charge in [0.2, 0.25) is 0 Å². The minimum Gasteiger partial charge on any atom is -0.328 e. The van der Waals surface area contributed by atoms with Gasteiger partial charge >= 0.3 is 6.18 Å². The molecular weight excluding hydrogens is 424 g/mol. The van der Waals surface area contributed by atoms with Crippen molar-refractivity contribution in [3.63, 3.8) is 0 Å². The molecule has 0 spiro atoms. The number of aromatic nitrogens is 5. The lowest BCUT2D eigenvalue weighted by molar-refractivity contribution is -0.136. The largest absolute Gasteiger partial charge is 0.390 e. The lowest BCUT2D eigenvalue weighted by atomic mass is 10.1. The number of hydrogen-bond acceptors (Lipinski definition) is 4. The molecule has 152 valence electrons. The van der Waals surface area contributed by atoms with Crippen LogP contribution in [0.15, 0.2) is 42.9 Å². The van der Waals surface area contributed by atoms with E-state index in [0.29, 0.717) is 11.2 Å². The third-order valence-electron chi connectivity index (χ3n) is 4.39. The molecule has 1 aromatic carbocycles. The first-order valence-corrected chi connectivity index (χ1v) is 8.97. The fourth-order valence-electron chi connectivity index (χ4n) is 3.00. The van der Waals surface area contributed by atoms with Crippen molar-refractivity contribution in [1.29, 1.82) is 5.26 Å². The van der Waals surface area contributed by atoms with Gasteiger partial charge in [-0.3, -0.25) is 0 Å². The molecule has 0 atom stereocenters. The SMILES string of the molecule is N#Cc1cnc2ccc(-c3c(-c4ccc(F)c(Cl)c4)ncn3CCC(F)(F)F)nn12. The Balaban J connectivity index is 1.89. The second-order valence-electron chi connectivity index (χ2n) is 6.37. The van der Waals surface area contributed by atoms with E-state index in [9.17, 15) is 22.8 Å². The van der Waals surface area contributed by atoms with E-state index in [1.54, 1.807) is 12.1 Å². The molecule has 0 aliphatic heterocycles. The van der Waals surface area contributed by atoms with Gasteiger partial charge in [0.05, 0.1) is 35.4 Å². The van der Waals surface area contributed by atoms with Crippen LogP contribution in [0, 0.1) is 17.1 Å². The molecule has 0 aliphatic rings. The summed E-state index contributed by atoms with van der Waals surface area (Å²) in [5.74, 6) is -0.630. The van der Waals surface area contributed by atoms with Gasteiger partial charge in [-0.15, -0.1) is 0 Å². The van der Waals surface area contributed by atoms with Gasteiger partial charge in [-0.2, -0.15) is 23.5 Å². The first kappa shape index (κ1) is 19.8. The third kappa shape index (κ3) is 3.71. The number of halogens is 5. The molecule has 4 aromatic rings. The Labute approximate surface area is 172 Å². The van der Waals surface area contributed by atoms with Gasteiger partial charge < -0.3 is 4.57 Å². The molecule has 3 aromatic heterocycles. The van der Waals surface area contributed by atoms with Gasteiger partial charge in [0.1, 0.15) is 17.6 Å². The Bertz CT molecular complexity index is 1280. The number of benzene rings is 1. The van der Waals surface area contributed by atoms with Crippen molar-refractivity contribution in [2.24, 2.45) is 0 Å². The molecule has 0 saturated heterocycles. The number of rotatable bonds is 4. The Kier molecular flexibility index (Phi) is 4.91. The minimum atomic E-state index is -4.36. The monoisotopic (exact) mass is 434 g/mol. The highest BCUT2D eigenvalue weighted by molar-refractivity contribution is 6.31. The minimum absolute atomic E-state index is 0.145. The normalized spacial score (nSPS) is 11.7. The lowest BCUT2D eigenvalue weighted by Crippen LogP contribution is -2.13. The van der Waals surface area contributed by atoms with Crippen LogP contribution in [0.2, 0.25) is 5.02 Å². The van der Waals surface area contributed by atoms with Gasteiger partial charge in [0.15, 0.2) is 11.3 Å². The molecule has 0 unspecified atom stereocenters. The molecule has 0 saturated carbocycles. The van der Waals surface area contributed by atoms with Crippen LogP contribution in [0.5, 0.6) is 0 Å². The number of nitrogens with zero attached hydrogens (tertiary/aromatic N) is 6. The van der Waals surface area contributed by atoms with E-state index >= 15 is 0 Å². The summed E-state index contributed by atoms with van der Waals surface area (Å²) >= 11 is 5.87. The zero-order valence-corrected chi connectivity index (χ0v) is 15.8. The van der Waals surface area contributed by atoms with E-state index in [1.165, 1.54) is 33.7 Å². The van der Waals surface area contributed by atoms with E-state index in [0.717, 1.165) is 6.07 Å². The topological polar surface area (TPSA) is 71.8 Å². The Morgan fingerprint density at radius 1 is 1.13 bits per heavy atom. The summed E-state index contributed by atoms with van der Waals surface area (Å²) in [4.78, 5) is 8.28. The van der Waals surface area contributed by atoms with Crippen LogP contribution >= 0.6 is 11.6 Å². The number of fused-ring (bicyclic) bond motifs is 1. The molecule has 0 N–H and O–H groups in total. The van der Waals surface area contributed by atoms with Crippen LogP contribution in [0.25, 0.3) is 28.3 Å². The van der Waals surface area contributed by atoms with Gasteiger partial charge in [0, 0.05) is 12.1 Å². The maximum absolute atomic E-state index is 13.6. The molecule has 0 aliphatic carbocycles. The maximum Gasteiger partial charge on any atom is 0.390 e. The maximum atomic E-state index is 13.6. The van der Waals surface area contributed by atoms with Crippen LogP contribution in [-0.2, 0) is 6.54 Å². The summed E-state index contributed by atoms with van der Waals surface area (Å²) in [7, 11) is 0. The number of alkyl halides is 3. The van der Waals surface area contributed by atoms with E-state index in [2.05, 4.69) is 15.1 Å². The Morgan fingerprint density at radius 2 is 1.93 bits per heavy atom. The van der Waals surface area contributed by atoms with Crippen molar-refractivity contribution in [1.82, 2.24) is 24.1 Å². The van der Waals surface area contributed by atoms with Gasteiger partial charge in [-0.05, 0) is 30.3 Å². The van der Waals surface area contributed by atoms with Crippen LogP contribution in [-0.4, -0.2) is 30.3 Å². The fourth-order valence-corrected chi connectivity index (χ4v) is 3.18. The van der Waals surface area contributed by atoms with Crippen LogP contribution in [0.4, 0.5) is 17.6 Å². The molecule has 11 heteroatoms. The van der Waals surface area contributed by atoms with Crippen molar-refractivity contribution in [2.75, 3.05) is 0 Å². The van der Waals surface area contributed by atoms with Crippen molar-refractivity contribution in [3.05, 3.63) is 59.4 Å². The van der Waals surface area contributed by atoms with E-state index in [-0.39, 0.29) is 27.8 Å². The molecule has 0 amide bonds.